The van der Waals surface area contributed by atoms with Gasteiger partial charge in [-0.2, -0.15) is 33.7 Å². The molecule has 0 aliphatic heterocycles. The van der Waals surface area contributed by atoms with E-state index in [2.05, 4.69) is 51.9 Å². The fourth-order valence-electron chi connectivity index (χ4n) is 9.51. The number of azo groups is 2. The number of anilines is 9. The summed E-state index contributed by atoms with van der Waals surface area (Å²) in [4.78, 5) is 97.4. The van der Waals surface area contributed by atoms with Crippen LogP contribution in [-0.2, 0) is 39.8 Å². The number of rotatable bonds is 31. The summed E-state index contributed by atoms with van der Waals surface area (Å²) < 4.78 is 48.8. The van der Waals surface area contributed by atoms with E-state index in [1.54, 1.807) is 42.5 Å². The zero-order valence-electron chi connectivity index (χ0n) is 53.8. The molecule has 8 aromatic rings. The van der Waals surface area contributed by atoms with Gasteiger partial charge in [0.2, 0.25) is 29.9 Å². The van der Waals surface area contributed by atoms with E-state index in [0.717, 1.165) is 29.9 Å². The van der Waals surface area contributed by atoms with Gasteiger partial charge in [-0.3, -0.25) is 33.3 Å². The minimum Gasteiger partial charge on any atom is -0.494 e. The van der Waals surface area contributed by atoms with E-state index in [1.165, 1.54) is 81.4 Å². The number of nitrogens with one attached hydrogen (secondary N) is 5. The molecule has 0 bridgehead atoms. The van der Waals surface area contributed by atoms with E-state index in [0.29, 0.717) is 94.5 Å². The highest BCUT2D eigenvalue weighted by molar-refractivity contribution is 7.98. The van der Waals surface area contributed by atoms with Gasteiger partial charge in [-0.15, -0.1) is 38.0 Å². The topological polar surface area (TPSA) is 384 Å². The number of nitrogens with two attached hydrogens (primary N) is 1. The quantitative estimate of drug-likeness (QED) is 0.00310. The van der Waals surface area contributed by atoms with Crippen molar-refractivity contribution in [3.8, 4) is 17.6 Å². The standard InChI is InChI=1S/C66H63N17O11S4/c1-10-82(11-2)53-30-48(50(32-55(53)93-8)78-80-62-47(34-67)58(98(90,91)92)57(97-62)29-46(38(6)86)61(89)71-42-23-17-21-40(25-42)59(68)87)73-64-75-65(77-66(76-64)95-35-39-19-15-14-16-20-39)74-49-31-54(83(12-3)13-4)56(94-9)33-51(49)79-81-63-52(69-7)28-44(96-63)27-45(37(5)85)60(88)72-43-24-18-22-41(26-43)70-36-84/h14-33,36H,10-13,35H2,1-6,8-9H3,(H2,68,87)(H,70,84)(H,71,89)(H,72,88)(H,90,91,92)(H2,73,74,75,76,77)/b45-27+,46-29-,80-78?,81-79?. The number of thiophene rings is 2. The molecular formula is C66H63N17O11S4. The first kappa shape index (κ1) is 72.3. The Morgan fingerprint density at radius 2 is 1.23 bits per heavy atom. The van der Waals surface area contributed by atoms with Crippen molar-refractivity contribution in [1.29, 1.82) is 5.26 Å². The third-order valence-electron chi connectivity index (χ3n) is 14.3. The van der Waals surface area contributed by atoms with E-state index < -0.39 is 60.3 Å². The van der Waals surface area contributed by atoms with E-state index in [1.807, 2.05) is 67.8 Å². The fraction of sp³-hybridized carbons (Fsp3) is 0.197. The van der Waals surface area contributed by atoms with E-state index in [9.17, 15) is 47.0 Å². The highest BCUT2D eigenvalue weighted by Gasteiger charge is 2.30. The summed E-state index contributed by atoms with van der Waals surface area (Å²) in [5, 5.41) is 42.9. The summed E-state index contributed by atoms with van der Waals surface area (Å²) in [6.45, 7) is 20.3. The van der Waals surface area contributed by atoms with Crippen molar-refractivity contribution in [2.75, 3.05) is 76.8 Å². The number of nitriles is 1. The number of amides is 4. The predicted octanol–water partition coefficient (Wildman–Crippen LogP) is 13.9. The lowest BCUT2D eigenvalue weighted by Crippen LogP contribution is -2.22. The minimum atomic E-state index is -5.28. The molecule has 0 saturated carbocycles. The second kappa shape index (κ2) is 33.2. The first-order valence-electron chi connectivity index (χ1n) is 29.6. The van der Waals surface area contributed by atoms with Gasteiger partial charge in [0, 0.05) is 71.6 Å². The van der Waals surface area contributed by atoms with Crippen LogP contribution in [0.3, 0.4) is 0 Å². The van der Waals surface area contributed by atoms with Gasteiger partial charge in [-0.05, 0) is 114 Å². The first-order valence-corrected chi connectivity index (χ1v) is 33.7. The average molecular weight is 1400 g/mol. The Morgan fingerprint density at radius 1 is 0.704 bits per heavy atom. The van der Waals surface area contributed by atoms with Crippen LogP contribution >= 0.6 is 34.4 Å². The van der Waals surface area contributed by atoms with Crippen LogP contribution in [0.25, 0.3) is 17.0 Å². The molecule has 0 unspecified atom stereocenters. The average Bonchev–Trinajstić information content (AvgIpc) is 1.55. The highest BCUT2D eigenvalue weighted by atomic mass is 32.2. The molecule has 8 N–H and O–H groups in total. The van der Waals surface area contributed by atoms with E-state index in [4.69, 9.17) is 36.7 Å². The number of hydrogen-bond donors (Lipinski definition) is 7. The van der Waals surface area contributed by atoms with Gasteiger partial charge in [0.15, 0.2) is 21.7 Å². The predicted molar refractivity (Wildman–Crippen MR) is 379 cm³/mol. The summed E-state index contributed by atoms with van der Waals surface area (Å²) in [5.41, 5.74) is 7.76. The normalized spacial score (nSPS) is 11.5. The van der Waals surface area contributed by atoms with Crippen LogP contribution in [0.15, 0.2) is 151 Å². The fourth-order valence-corrected chi connectivity index (χ4v) is 13.3. The molecule has 3 aromatic heterocycles. The van der Waals surface area contributed by atoms with Gasteiger partial charge >= 0.3 is 0 Å². The molecule has 0 radical (unpaired) electrons. The molecule has 32 heteroatoms. The number of primary amides is 1. The molecule has 0 spiro atoms. The highest BCUT2D eigenvalue weighted by Crippen LogP contribution is 2.46. The second-order valence-corrected chi connectivity index (χ2v) is 24.9. The number of aromatic nitrogens is 3. The van der Waals surface area contributed by atoms with Gasteiger partial charge in [0.25, 0.3) is 21.9 Å². The van der Waals surface area contributed by atoms with Crippen molar-refractivity contribution in [3.63, 3.8) is 0 Å². The van der Waals surface area contributed by atoms with Crippen molar-refractivity contribution >= 4 is 171 Å². The molecular weight excluding hydrogens is 1340 g/mol. The smallest absolute Gasteiger partial charge is 0.297 e. The Labute approximate surface area is 575 Å². The summed E-state index contributed by atoms with van der Waals surface area (Å²) in [5.74, 6) is -2.85. The van der Waals surface area contributed by atoms with Crippen molar-refractivity contribution in [2.45, 2.75) is 57.3 Å². The van der Waals surface area contributed by atoms with Gasteiger partial charge in [0.1, 0.15) is 44.4 Å². The monoisotopic (exact) mass is 1400 g/mol. The number of nitrogens with zero attached hydrogens (tertiary/aromatic N) is 11. The summed E-state index contributed by atoms with van der Waals surface area (Å²) in [7, 11) is -2.32. The Hall–Kier alpha value is -11.6. The van der Waals surface area contributed by atoms with Crippen molar-refractivity contribution < 1.29 is 51.2 Å². The molecule has 502 valence electrons. The lowest BCUT2D eigenvalue weighted by molar-refractivity contribution is -0.120. The molecule has 98 heavy (non-hydrogen) atoms. The molecule has 0 aliphatic carbocycles. The molecule has 3 heterocycles. The van der Waals surface area contributed by atoms with Crippen LogP contribution in [0, 0.1) is 17.9 Å². The van der Waals surface area contributed by atoms with Crippen LogP contribution in [0.1, 0.15) is 72.8 Å². The summed E-state index contributed by atoms with van der Waals surface area (Å²) in [6.07, 6.45) is 2.73. The van der Waals surface area contributed by atoms with Crippen LogP contribution in [0.4, 0.5) is 78.8 Å². The first-order chi connectivity index (χ1) is 47.0. The van der Waals surface area contributed by atoms with Crippen molar-refractivity contribution in [1.82, 2.24) is 15.0 Å². The molecule has 0 fully saturated rings. The molecule has 0 aliphatic rings. The number of carbonyl (C=O) groups excluding carboxylic acids is 6. The Bertz CT molecular complexity index is 4720. The summed E-state index contributed by atoms with van der Waals surface area (Å²) >= 11 is 2.81. The largest absolute Gasteiger partial charge is 0.494 e. The Morgan fingerprint density at radius 3 is 1.73 bits per heavy atom. The van der Waals surface area contributed by atoms with Gasteiger partial charge in [-0.1, -0.05) is 54.2 Å². The number of thioether (sulfide) groups is 1. The number of methoxy groups -OCH3 is 2. The molecule has 0 atom stereocenters. The SMILES string of the molecule is [C-]#[N+]c1cc(/C=C(\C(C)=O)C(=O)Nc2cccc(NC=O)c2)sc1N=Nc1cc(OC)c(N(CC)CC)cc1Nc1nc(Nc2cc(N(CC)CC)c(OC)cc2N=Nc2sc(/C=C(/C(C)=O)C(=O)Nc3cccc(C(N)=O)c3)c(S(=O)(=O)O)c2C#N)nc(SCc2ccccc2)n1. The van der Waals surface area contributed by atoms with Crippen LogP contribution < -0.4 is 51.6 Å². The van der Waals surface area contributed by atoms with Crippen molar-refractivity contribution in [3.05, 3.63) is 158 Å². The molecule has 5 aromatic carbocycles. The van der Waals surface area contributed by atoms with Gasteiger partial charge in [0.05, 0.1) is 59.6 Å². The number of benzene rings is 5. The maximum absolute atomic E-state index is 13.7. The number of ether oxygens (including phenoxy) is 2. The number of carbonyl (C=O) groups is 6. The third kappa shape index (κ3) is 18.1. The zero-order valence-corrected chi connectivity index (χ0v) is 57.1. The molecule has 0 saturated heterocycles. The van der Waals surface area contributed by atoms with E-state index in [-0.39, 0.29) is 66.6 Å². The Balaban J connectivity index is 1.23. The maximum atomic E-state index is 13.7. The Kier molecular flexibility index (Phi) is 24.5. The lowest BCUT2D eigenvalue weighted by atomic mass is 10.1. The summed E-state index contributed by atoms with van der Waals surface area (Å²) in [6, 6.07) is 31.4. The number of hydrogen-bond acceptors (Lipinski definition) is 25. The van der Waals surface area contributed by atoms with Gasteiger partial charge in [-0.25, -0.2) is 4.85 Å². The number of Topliss-reactive ketones (excluding diaryl/α,β-unsaturated/α-hetero) is 2. The molecule has 8 rings (SSSR count). The third-order valence-corrected chi connectivity index (χ3v) is 18.2. The van der Waals surface area contributed by atoms with Gasteiger partial charge < -0.3 is 51.6 Å². The lowest BCUT2D eigenvalue weighted by Gasteiger charge is -2.25. The van der Waals surface area contributed by atoms with Crippen LogP contribution in [-0.4, -0.2) is 104 Å². The molecule has 4 amide bonds. The second-order valence-electron chi connectivity index (χ2n) is 20.6. The zero-order chi connectivity index (χ0) is 70.8. The maximum Gasteiger partial charge on any atom is 0.297 e. The van der Waals surface area contributed by atoms with E-state index >= 15 is 0 Å². The van der Waals surface area contributed by atoms with Crippen molar-refractivity contribution in [2.24, 2.45) is 26.2 Å². The molecule has 28 nitrogen and oxygen atoms in total. The van der Waals surface area contributed by atoms with Crippen LogP contribution in [0.2, 0.25) is 0 Å². The number of ketones is 2. The minimum absolute atomic E-state index is 0.00800. The van der Waals surface area contributed by atoms with Crippen LogP contribution in [0.5, 0.6) is 11.5 Å².